The zero-order chi connectivity index (χ0) is 16.8. The number of rotatable bonds is 6. The van der Waals surface area contributed by atoms with Crippen LogP contribution in [0.3, 0.4) is 0 Å². The lowest BCUT2D eigenvalue weighted by Crippen LogP contribution is -2.25. The van der Waals surface area contributed by atoms with Crippen molar-refractivity contribution in [1.29, 1.82) is 0 Å². The van der Waals surface area contributed by atoms with Gasteiger partial charge in [-0.15, -0.1) is 0 Å². The molecule has 0 radical (unpaired) electrons. The van der Waals surface area contributed by atoms with Crippen molar-refractivity contribution in [1.82, 2.24) is 9.71 Å². The second kappa shape index (κ2) is 7.38. The van der Waals surface area contributed by atoms with E-state index in [1.807, 2.05) is 42.5 Å². The van der Waals surface area contributed by atoms with E-state index in [1.54, 1.807) is 36.7 Å². The number of nitrogens with one attached hydrogen (secondary N) is 1. The number of nitrogens with zero attached hydrogens (tertiary/aromatic N) is 1. The maximum absolute atomic E-state index is 12.3. The predicted molar refractivity (Wildman–Crippen MR) is 95.0 cm³/mol. The average Bonchev–Trinajstić information content (AvgIpc) is 2.63. The zero-order valence-corrected chi connectivity index (χ0v) is 13.9. The molecule has 3 rings (SSSR count). The van der Waals surface area contributed by atoms with Gasteiger partial charge >= 0.3 is 0 Å². The minimum Gasteiger partial charge on any atom is -0.264 e. The van der Waals surface area contributed by atoms with Crippen LogP contribution in [0, 0.1) is 0 Å². The second-order valence-corrected chi connectivity index (χ2v) is 7.17. The Morgan fingerprint density at radius 3 is 2.25 bits per heavy atom. The van der Waals surface area contributed by atoms with Crippen molar-refractivity contribution in [2.24, 2.45) is 0 Å². The highest BCUT2D eigenvalue weighted by atomic mass is 32.2. The van der Waals surface area contributed by atoms with Crippen molar-refractivity contribution in [2.45, 2.75) is 11.3 Å². The highest BCUT2D eigenvalue weighted by molar-refractivity contribution is 7.89. The molecule has 0 aliphatic rings. The van der Waals surface area contributed by atoms with E-state index < -0.39 is 10.0 Å². The molecule has 24 heavy (non-hydrogen) atoms. The van der Waals surface area contributed by atoms with Gasteiger partial charge in [-0.2, -0.15) is 0 Å². The number of hydrogen-bond donors (Lipinski definition) is 1. The van der Waals surface area contributed by atoms with Gasteiger partial charge in [0.15, 0.2) is 0 Å². The highest BCUT2D eigenvalue weighted by Crippen LogP contribution is 2.20. The summed E-state index contributed by atoms with van der Waals surface area (Å²) in [5.41, 5.74) is 3.00. The first-order chi connectivity index (χ1) is 11.6. The summed E-state index contributed by atoms with van der Waals surface area (Å²) in [6.45, 7) is 0.372. The largest absolute Gasteiger partial charge is 0.264 e. The summed E-state index contributed by atoms with van der Waals surface area (Å²) in [5.74, 6) is 0. The highest BCUT2D eigenvalue weighted by Gasteiger charge is 2.13. The SMILES string of the molecule is O=S(=O)(NCCc1ccccc1)c1ccc(-c2cccnc2)cc1. The maximum atomic E-state index is 12.3. The molecule has 1 N–H and O–H groups in total. The van der Waals surface area contributed by atoms with Crippen molar-refractivity contribution in [3.05, 3.63) is 84.7 Å². The molecule has 0 atom stereocenters. The van der Waals surface area contributed by atoms with Crippen molar-refractivity contribution >= 4 is 10.0 Å². The number of aromatic nitrogens is 1. The Bertz CT molecular complexity index is 878. The van der Waals surface area contributed by atoms with Crippen LogP contribution < -0.4 is 4.72 Å². The van der Waals surface area contributed by atoms with Crippen molar-refractivity contribution in [3.63, 3.8) is 0 Å². The van der Waals surface area contributed by atoms with E-state index in [4.69, 9.17) is 0 Å². The normalized spacial score (nSPS) is 11.3. The summed E-state index contributed by atoms with van der Waals surface area (Å²) in [6.07, 6.45) is 4.12. The molecule has 0 saturated carbocycles. The van der Waals surface area contributed by atoms with Crippen LogP contribution in [0.25, 0.3) is 11.1 Å². The monoisotopic (exact) mass is 338 g/mol. The van der Waals surface area contributed by atoms with Gasteiger partial charge in [-0.3, -0.25) is 4.98 Å². The molecule has 122 valence electrons. The van der Waals surface area contributed by atoms with Gasteiger partial charge in [-0.25, -0.2) is 13.1 Å². The summed E-state index contributed by atoms with van der Waals surface area (Å²) in [7, 11) is -3.49. The molecule has 0 unspecified atom stereocenters. The number of sulfonamides is 1. The third-order valence-electron chi connectivity index (χ3n) is 3.71. The van der Waals surface area contributed by atoms with Gasteiger partial charge in [0.1, 0.15) is 0 Å². The Hall–Kier alpha value is -2.50. The lowest BCUT2D eigenvalue weighted by Gasteiger charge is -2.08. The fourth-order valence-electron chi connectivity index (χ4n) is 2.42. The minimum atomic E-state index is -3.49. The third-order valence-corrected chi connectivity index (χ3v) is 5.19. The Balaban J connectivity index is 1.66. The minimum absolute atomic E-state index is 0.267. The van der Waals surface area contributed by atoms with E-state index in [0.717, 1.165) is 16.7 Å². The van der Waals surface area contributed by atoms with Crippen LogP contribution in [0.15, 0.2) is 84.0 Å². The first-order valence-electron chi connectivity index (χ1n) is 7.69. The molecule has 0 spiro atoms. The van der Waals surface area contributed by atoms with E-state index in [-0.39, 0.29) is 4.90 Å². The van der Waals surface area contributed by atoms with Crippen molar-refractivity contribution < 1.29 is 8.42 Å². The van der Waals surface area contributed by atoms with Crippen molar-refractivity contribution in [3.8, 4) is 11.1 Å². The van der Waals surface area contributed by atoms with Gasteiger partial charge in [0, 0.05) is 18.9 Å². The summed E-state index contributed by atoms with van der Waals surface area (Å²) in [6, 6.07) is 20.4. The van der Waals surface area contributed by atoms with Crippen LogP contribution in [0.2, 0.25) is 0 Å². The molecule has 0 saturated heterocycles. The molecule has 1 aromatic heterocycles. The molecular formula is C19H18N2O2S. The molecule has 4 nitrogen and oxygen atoms in total. The van der Waals surface area contributed by atoms with Gasteiger partial charge in [-0.1, -0.05) is 48.5 Å². The van der Waals surface area contributed by atoms with E-state index in [1.165, 1.54) is 0 Å². The van der Waals surface area contributed by atoms with Crippen LogP contribution in [0.5, 0.6) is 0 Å². The summed E-state index contributed by atoms with van der Waals surface area (Å²) >= 11 is 0. The molecule has 0 bridgehead atoms. The van der Waals surface area contributed by atoms with Gasteiger partial charge in [0.05, 0.1) is 4.90 Å². The standard InChI is InChI=1S/C19H18N2O2S/c22-24(23,21-14-12-16-5-2-1-3-6-16)19-10-8-17(9-11-19)18-7-4-13-20-15-18/h1-11,13,15,21H,12,14H2. The Labute approximate surface area is 142 Å². The van der Waals surface area contributed by atoms with Gasteiger partial charge in [0.2, 0.25) is 10.0 Å². The number of pyridine rings is 1. The van der Waals surface area contributed by atoms with Gasteiger partial charge in [-0.05, 0) is 41.3 Å². The van der Waals surface area contributed by atoms with Crippen LogP contribution >= 0.6 is 0 Å². The molecular weight excluding hydrogens is 320 g/mol. The molecule has 3 aromatic rings. The van der Waals surface area contributed by atoms with Crippen molar-refractivity contribution in [2.75, 3.05) is 6.54 Å². The molecule has 0 aliphatic carbocycles. The average molecular weight is 338 g/mol. The maximum Gasteiger partial charge on any atom is 0.240 e. The quantitative estimate of drug-likeness (QED) is 0.750. The summed E-state index contributed by atoms with van der Waals surface area (Å²) in [5, 5.41) is 0. The Morgan fingerprint density at radius 1 is 0.833 bits per heavy atom. The first kappa shape index (κ1) is 16.4. The van der Waals surface area contributed by atoms with Gasteiger partial charge in [0.25, 0.3) is 0 Å². The summed E-state index contributed by atoms with van der Waals surface area (Å²) in [4.78, 5) is 4.34. The topological polar surface area (TPSA) is 59.1 Å². The fourth-order valence-corrected chi connectivity index (χ4v) is 3.45. The lowest BCUT2D eigenvalue weighted by molar-refractivity contribution is 0.581. The molecule has 2 aromatic carbocycles. The molecule has 0 aliphatic heterocycles. The Morgan fingerprint density at radius 2 is 1.58 bits per heavy atom. The van der Waals surface area contributed by atoms with E-state index in [2.05, 4.69) is 9.71 Å². The zero-order valence-electron chi connectivity index (χ0n) is 13.1. The molecule has 0 amide bonds. The van der Waals surface area contributed by atoms with Crippen LogP contribution in [0.1, 0.15) is 5.56 Å². The second-order valence-electron chi connectivity index (χ2n) is 5.40. The van der Waals surface area contributed by atoms with E-state index >= 15 is 0 Å². The molecule has 0 fully saturated rings. The predicted octanol–water partition coefficient (Wildman–Crippen LogP) is 3.27. The number of hydrogen-bond acceptors (Lipinski definition) is 3. The molecule has 1 heterocycles. The van der Waals surface area contributed by atoms with Crippen LogP contribution in [-0.2, 0) is 16.4 Å². The Kier molecular flexibility index (Phi) is 5.03. The first-order valence-corrected chi connectivity index (χ1v) is 9.17. The lowest BCUT2D eigenvalue weighted by atomic mass is 10.1. The van der Waals surface area contributed by atoms with Crippen LogP contribution in [-0.4, -0.2) is 19.9 Å². The fraction of sp³-hybridized carbons (Fsp3) is 0.105. The van der Waals surface area contributed by atoms with Crippen LogP contribution in [0.4, 0.5) is 0 Å². The smallest absolute Gasteiger partial charge is 0.240 e. The summed E-state index contributed by atoms with van der Waals surface area (Å²) < 4.78 is 27.3. The van der Waals surface area contributed by atoms with E-state index in [9.17, 15) is 8.42 Å². The van der Waals surface area contributed by atoms with Gasteiger partial charge < -0.3 is 0 Å². The van der Waals surface area contributed by atoms with E-state index in [0.29, 0.717) is 13.0 Å². The molecule has 5 heteroatoms. The third kappa shape index (κ3) is 4.07. The number of benzene rings is 2.